The lowest BCUT2D eigenvalue weighted by molar-refractivity contribution is 0.00990. The van der Waals surface area contributed by atoms with Gasteiger partial charge in [0.1, 0.15) is 5.82 Å². The first-order valence-corrected chi connectivity index (χ1v) is 10.6. The second-order valence-electron chi connectivity index (χ2n) is 6.99. The standard InChI is InChI=1S/C21H37N5O2.HI/c1-3-22-21(25-14-7-6-13-24-20-9-4-5-12-23-20)26-15-10-19(11-16-26)28-18-8-17-27-2;/h4-5,9,12,19H,3,6-8,10-11,13-18H2,1-2H3,(H,22,25)(H,23,24);1H. The molecule has 8 heteroatoms. The van der Waals surface area contributed by atoms with Crippen molar-refractivity contribution in [1.82, 2.24) is 15.2 Å². The van der Waals surface area contributed by atoms with E-state index in [1.165, 1.54) is 0 Å². The van der Waals surface area contributed by atoms with Gasteiger partial charge in [-0.3, -0.25) is 4.99 Å². The summed E-state index contributed by atoms with van der Waals surface area (Å²) in [5.74, 6) is 1.98. The van der Waals surface area contributed by atoms with E-state index in [0.717, 1.165) is 89.8 Å². The monoisotopic (exact) mass is 519 g/mol. The molecule has 0 aliphatic carbocycles. The number of likely N-dealkylation sites (tertiary alicyclic amines) is 1. The lowest BCUT2D eigenvalue weighted by Crippen LogP contribution is -2.47. The number of rotatable bonds is 12. The summed E-state index contributed by atoms with van der Waals surface area (Å²) in [6.07, 6.45) is 7.41. The number of unbranched alkanes of at least 4 members (excludes halogenated alkanes) is 1. The molecule has 0 amide bonds. The van der Waals surface area contributed by atoms with Gasteiger partial charge in [-0.1, -0.05) is 6.07 Å². The molecule has 2 rings (SSSR count). The van der Waals surface area contributed by atoms with Crippen LogP contribution < -0.4 is 10.6 Å². The Morgan fingerprint density at radius 3 is 2.72 bits per heavy atom. The predicted octanol–water partition coefficient (Wildman–Crippen LogP) is 3.37. The van der Waals surface area contributed by atoms with Crippen molar-refractivity contribution in [1.29, 1.82) is 0 Å². The fourth-order valence-electron chi connectivity index (χ4n) is 3.22. The first-order chi connectivity index (χ1) is 13.8. The number of guanidine groups is 1. The molecule has 0 radical (unpaired) electrons. The molecule has 0 saturated carbocycles. The third-order valence-corrected chi connectivity index (χ3v) is 4.74. The number of hydrogen-bond acceptors (Lipinski definition) is 5. The summed E-state index contributed by atoms with van der Waals surface area (Å²) in [5, 5.41) is 6.78. The van der Waals surface area contributed by atoms with E-state index >= 15 is 0 Å². The van der Waals surface area contributed by atoms with Gasteiger partial charge in [0.15, 0.2) is 5.96 Å². The van der Waals surface area contributed by atoms with Crippen LogP contribution in [-0.2, 0) is 9.47 Å². The zero-order chi connectivity index (χ0) is 19.9. The minimum absolute atomic E-state index is 0. The quantitative estimate of drug-likeness (QED) is 0.191. The Morgan fingerprint density at radius 2 is 2.03 bits per heavy atom. The summed E-state index contributed by atoms with van der Waals surface area (Å²) >= 11 is 0. The van der Waals surface area contributed by atoms with Gasteiger partial charge >= 0.3 is 0 Å². The van der Waals surface area contributed by atoms with Crippen LogP contribution in [-0.4, -0.2) is 75.0 Å². The highest BCUT2D eigenvalue weighted by Gasteiger charge is 2.21. The zero-order valence-electron chi connectivity index (χ0n) is 17.9. The van der Waals surface area contributed by atoms with Crippen LogP contribution >= 0.6 is 24.0 Å². The molecule has 2 heterocycles. The first-order valence-electron chi connectivity index (χ1n) is 10.6. The Hall–Kier alpha value is -1.13. The molecule has 0 aromatic carbocycles. The lowest BCUT2D eigenvalue weighted by atomic mass is 10.1. The molecule has 2 N–H and O–H groups in total. The Labute approximate surface area is 193 Å². The fraction of sp³-hybridized carbons (Fsp3) is 0.714. The summed E-state index contributed by atoms with van der Waals surface area (Å²) < 4.78 is 11.0. The molecule has 1 fully saturated rings. The van der Waals surface area contributed by atoms with Crippen molar-refractivity contribution in [3.05, 3.63) is 24.4 Å². The van der Waals surface area contributed by atoms with Gasteiger partial charge < -0.3 is 25.0 Å². The fourth-order valence-corrected chi connectivity index (χ4v) is 3.22. The zero-order valence-corrected chi connectivity index (χ0v) is 20.3. The SMILES string of the molecule is CCNC(=NCCCCNc1ccccn1)N1CCC(OCCCOC)CC1.I. The predicted molar refractivity (Wildman–Crippen MR) is 130 cm³/mol. The summed E-state index contributed by atoms with van der Waals surface area (Å²) in [4.78, 5) is 11.5. The average Bonchev–Trinajstić information content (AvgIpc) is 2.74. The molecule has 1 aromatic heterocycles. The smallest absolute Gasteiger partial charge is 0.193 e. The largest absolute Gasteiger partial charge is 0.385 e. The van der Waals surface area contributed by atoms with Crippen LogP contribution in [0, 0.1) is 0 Å². The Bertz CT molecular complexity index is 539. The van der Waals surface area contributed by atoms with Crippen molar-refractivity contribution >= 4 is 35.8 Å². The maximum atomic E-state index is 5.96. The topological polar surface area (TPSA) is 71.0 Å². The lowest BCUT2D eigenvalue weighted by Gasteiger charge is -2.34. The second kappa shape index (κ2) is 16.6. The molecule has 0 atom stereocenters. The van der Waals surface area contributed by atoms with E-state index < -0.39 is 0 Å². The van der Waals surface area contributed by atoms with Crippen LogP contribution in [0.3, 0.4) is 0 Å². The average molecular weight is 519 g/mol. The number of halogens is 1. The van der Waals surface area contributed by atoms with Gasteiger partial charge in [0, 0.05) is 59.2 Å². The minimum atomic E-state index is 0. The van der Waals surface area contributed by atoms with Crippen LogP contribution in [0.25, 0.3) is 0 Å². The Kier molecular flexibility index (Phi) is 14.9. The van der Waals surface area contributed by atoms with Gasteiger partial charge in [0.25, 0.3) is 0 Å². The normalized spacial score (nSPS) is 15.1. The Morgan fingerprint density at radius 1 is 1.21 bits per heavy atom. The number of aromatic nitrogens is 1. The van der Waals surface area contributed by atoms with Crippen molar-refractivity contribution in [3.63, 3.8) is 0 Å². The minimum Gasteiger partial charge on any atom is -0.385 e. The number of nitrogens with zero attached hydrogens (tertiary/aromatic N) is 3. The molecule has 1 aliphatic heterocycles. The van der Waals surface area contributed by atoms with Gasteiger partial charge in [-0.05, 0) is 51.2 Å². The van der Waals surface area contributed by atoms with Gasteiger partial charge in [-0.15, -0.1) is 24.0 Å². The van der Waals surface area contributed by atoms with Crippen LogP contribution in [0.4, 0.5) is 5.82 Å². The van der Waals surface area contributed by atoms with Crippen molar-refractivity contribution in [2.75, 3.05) is 58.4 Å². The van der Waals surface area contributed by atoms with E-state index in [1.807, 2.05) is 24.4 Å². The number of anilines is 1. The van der Waals surface area contributed by atoms with E-state index in [4.69, 9.17) is 14.5 Å². The maximum Gasteiger partial charge on any atom is 0.193 e. The van der Waals surface area contributed by atoms with Crippen molar-refractivity contribution in [2.45, 2.75) is 45.1 Å². The van der Waals surface area contributed by atoms with E-state index in [9.17, 15) is 0 Å². The van der Waals surface area contributed by atoms with Crippen LogP contribution in [0.1, 0.15) is 39.0 Å². The summed E-state index contributed by atoms with van der Waals surface area (Å²) in [6, 6.07) is 5.92. The third-order valence-electron chi connectivity index (χ3n) is 4.74. The van der Waals surface area contributed by atoms with Gasteiger partial charge in [0.2, 0.25) is 0 Å². The van der Waals surface area contributed by atoms with E-state index in [-0.39, 0.29) is 24.0 Å². The highest BCUT2D eigenvalue weighted by molar-refractivity contribution is 14.0. The molecule has 29 heavy (non-hydrogen) atoms. The van der Waals surface area contributed by atoms with E-state index in [2.05, 4.69) is 27.4 Å². The first kappa shape index (κ1) is 25.9. The van der Waals surface area contributed by atoms with Crippen molar-refractivity contribution in [2.24, 2.45) is 4.99 Å². The number of piperidine rings is 1. The van der Waals surface area contributed by atoms with Crippen LogP contribution in [0.15, 0.2) is 29.4 Å². The van der Waals surface area contributed by atoms with Gasteiger partial charge in [-0.25, -0.2) is 4.98 Å². The molecular formula is C21H38IN5O2. The molecule has 1 aromatic rings. The molecular weight excluding hydrogens is 481 g/mol. The maximum absolute atomic E-state index is 5.96. The number of hydrogen-bond donors (Lipinski definition) is 2. The van der Waals surface area contributed by atoms with Gasteiger partial charge in [0.05, 0.1) is 6.10 Å². The molecule has 0 spiro atoms. The summed E-state index contributed by atoms with van der Waals surface area (Å²) in [6.45, 7) is 8.36. The van der Waals surface area contributed by atoms with Gasteiger partial charge in [-0.2, -0.15) is 0 Å². The second-order valence-corrected chi connectivity index (χ2v) is 6.99. The number of nitrogens with one attached hydrogen (secondary N) is 2. The molecule has 1 saturated heterocycles. The number of ether oxygens (including phenoxy) is 2. The van der Waals surface area contributed by atoms with Crippen LogP contribution in [0.2, 0.25) is 0 Å². The molecule has 0 bridgehead atoms. The summed E-state index contributed by atoms with van der Waals surface area (Å²) in [7, 11) is 1.73. The highest BCUT2D eigenvalue weighted by atomic mass is 127. The number of methoxy groups -OCH3 is 1. The molecule has 0 unspecified atom stereocenters. The van der Waals surface area contributed by atoms with E-state index in [0.29, 0.717) is 6.10 Å². The number of pyridine rings is 1. The number of aliphatic imine (C=N–C) groups is 1. The third kappa shape index (κ3) is 11.0. The molecule has 7 nitrogen and oxygen atoms in total. The summed E-state index contributed by atoms with van der Waals surface area (Å²) in [5.41, 5.74) is 0. The van der Waals surface area contributed by atoms with E-state index in [1.54, 1.807) is 7.11 Å². The van der Waals surface area contributed by atoms with Crippen molar-refractivity contribution in [3.8, 4) is 0 Å². The molecule has 1 aliphatic rings. The molecule has 166 valence electrons. The highest BCUT2D eigenvalue weighted by Crippen LogP contribution is 2.14. The van der Waals surface area contributed by atoms with Crippen LogP contribution in [0.5, 0.6) is 0 Å². The van der Waals surface area contributed by atoms with Crippen molar-refractivity contribution < 1.29 is 9.47 Å². The Balaban J connectivity index is 0.00000420.